The van der Waals surface area contributed by atoms with Gasteiger partial charge >= 0.3 is 12.2 Å². The van der Waals surface area contributed by atoms with Crippen molar-refractivity contribution >= 4 is 12.2 Å². The average Bonchev–Trinajstić information content (AvgIpc) is 2.58. The van der Waals surface area contributed by atoms with Crippen LogP contribution in [0.15, 0.2) is 24.3 Å². The number of carbonyl (C=O) groups excluding carboxylic acids is 2. The molecule has 6 nitrogen and oxygen atoms in total. The fraction of sp³-hybridized carbons (Fsp3) is 0.600. The van der Waals surface area contributed by atoms with E-state index < -0.39 is 11.7 Å². The van der Waals surface area contributed by atoms with Crippen molar-refractivity contribution in [3.05, 3.63) is 35.4 Å². The van der Waals surface area contributed by atoms with E-state index in [1.54, 1.807) is 4.90 Å². The highest BCUT2D eigenvalue weighted by Crippen LogP contribution is 2.18. The highest BCUT2D eigenvalue weighted by Gasteiger charge is 2.25. The van der Waals surface area contributed by atoms with Crippen molar-refractivity contribution in [2.75, 3.05) is 19.6 Å². The molecule has 0 bridgehead atoms. The molecule has 1 heterocycles. The Morgan fingerprint density at radius 3 is 2.35 bits per heavy atom. The lowest BCUT2D eigenvalue weighted by Gasteiger charge is -2.31. The number of nitrogens with zero attached hydrogens (tertiary/aromatic N) is 1. The van der Waals surface area contributed by atoms with E-state index in [2.05, 4.69) is 5.32 Å². The van der Waals surface area contributed by atoms with E-state index in [-0.39, 0.29) is 6.09 Å². The first kappa shape index (κ1) is 20.1. The molecule has 144 valence electrons. The summed E-state index contributed by atoms with van der Waals surface area (Å²) >= 11 is 0. The van der Waals surface area contributed by atoms with Crippen LogP contribution in [0.1, 0.15) is 44.7 Å². The van der Waals surface area contributed by atoms with E-state index in [0.717, 1.165) is 18.4 Å². The number of hydrogen-bond donors (Lipinski definition) is 1. The van der Waals surface area contributed by atoms with E-state index in [1.807, 2.05) is 52.0 Å². The van der Waals surface area contributed by atoms with Gasteiger partial charge in [-0.2, -0.15) is 0 Å². The molecule has 0 atom stereocenters. The number of nitrogens with one attached hydrogen (secondary N) is 1. The Labute approximate surface area is 155 Å². The van der Waals surface area contributed by atoms with E-state index in [4.69, 9.17) is 9.47 Å². The van der Waals surface area contributed by atoms with Crippen LogP contribution in [-0.4, -0.2) is 42.3 Å². The second-order valence-electron chi connectivity index (χ2n) is 7.85. The minimum Gasteiger partial charge on any atom is -0.445 e. The number of benzene rings is 1. The molecule has 1 N–H and O–H groups in total. The van der Waals surface area contributed by atoms with Crippen molar-refractivity contribution in [1.29, 1.82) is 0 Å². The summed E-state index contributed by atoms with van der Waals surface area (Å²) in [6.07, 6.45) is 1.02. The molecule has 26 heavy (non-hydrogen) atoms. The van der Waals surface area contributed by atoms with Crippen LogP contribution in [0.2, 0.25) is 0 Å². The molecule has 6 heteroatoms. The number of piperidine rings is 1. The Morgan fingerprint density at radius 1 is 1.15 bits per heavy atom. The Balaban J connectivity index is 1.66. The summed E-state index contributed by atoms with van der Waals surface area (Å²) < 4.78 is 10.6. The van der Waals surface area contributed by atoms with Crippen LogP contribution < -0.4 is 5.32 Å². The highest BCUT2D eigenvalue weighted by molar-refractivity contribution is 5.68. The second-order valence-corrected chi connectivity index (χ2v) is 7.85. The first-order valence-corrected chi connectivity index (χ1v) is 9.17. The zero-order valence-corrected chi connectivity index (χ0v) is 16.2. The van der Waals surface area contributed by atoms with Gasteiger partial charge in [0, 0.05) is 19.6 Å². The van der Waals surface area contributed by atoms with Gasteiger partial charge in [0.2, 0.25) is 0 Å². The molecule has 0 radical (unpaired) electrons. The molecule has 1 aromatic carbocycles. The van der Waals surface area contributed by atoms with Crippen LogP contribution in [0.25, 0.3) is 0 Å². The normalized spacial score (nSPS) is 15.5. The van der Waals surface area contributed by atoms with Gasteiger partial charge in [0.1, 0.15) is 12.2 Å². The summed E-state index contributed by atoms with van der Waals surface area (Å²) in [4.78, 5) is 25.6. The number of ether oxygens (including phenoxy) is 2. The summed E-state index contributed by atoms with van der Waals surface area (Å²) in [5, 5.41) is 2.81. The summed E-state index contributed by atoms with van der Waals surface area (Å²) in [5.74, 6) is 0.351. The minimum absolute atomic E-state index is 0.274. The molecule has 1 fully saturated rings. The number of likely N-dealkylation sites (tertiary alicyclic amines) is 1. The molecule has 1 saturated heterocycles. The largest absolute Gasteiger partial charge is 0.445 e. The Hall–Kier alpha value is -2.24. The molecule has 0 aromatic heterocycles. The van der Waals surface area contributed by atoms with Crippen LogP contribution >= 0.6 is 0 Å². The minimum atomic E-state index is -0.491. The molecule has 0 unspecified atom stereocenters. The summed E-state index contributed by atoms with van der Waals surface area (Å²) in [7, 11) is 0. The zero-order chi connectivity index (χ0) is 19.2. The fourth-order valence-electron chi connectivity index (χ4n) is 2.78. The number of amides is 2. The first-order valence-electron chi connectivity index (χ1n) is 9.17. The first-order chi connectivity index (χ1) is 12.2. The van der Waals surface area contributed by atoms with Crippen LogP contribution in [0.4, 0.5) is 9.59 Å². The predicted molar refractivity (Wildman–Crippen MR) is 99.9 cm³/mol. The number of hydrogen-bond acceptors (Lipinski definition) is 4. The van der Waals surface area contributed by atoms with E-state index in [9.17, 15) is 9.59 Å². The van der Waals surface area contributed by atoms with Crippen molar-refractivity contribution < 1.29 is 19.1 Å². The standard InChI is InChI=1S/C20H30N2O4/c1-15-5-7-17(8-6-15)14-25-19(24)22-11-9-16(10-12-22)13-21-18(23)26-20(2,3)4/h5-8,16H,9-14H2,1-4H3,(H,21,23). The summed E-state index contributed by atoms with van der Waals surface area (Å²) in [6.45, 7) is 9.70. The van der Waals surface area contributed by atoms with Gasteiger partial charge in [0.05, 0.1) is 0 Å². The van der Waals surface area contributed by atoms with Crippen molar-refractivity contribution in [1.82, 2.24) is 10.2 Å². The third-order valence-electron chi connectivity index (χ3n) is 4.29. The van der Waals surface area contributed by atoms with Crippen LogP contribution in [-0.2, 0) is 16.1 Å². The third-order valence-corrected chi connectivity index (χ3v) is 4.29. The zero-order valence-electron chi connectivity index (χ0n) is 16.2. The third kappa shape index (κ3) is 6.94. The lowest BCUT2D eigenvalue weighted by atomic mass is 9.97. The Morgan fingerprint density at radius 2 is 1.77 bits per heavy atom. The van der Waals surface area contributed by atoms with E-state index >= 15 is 0 Å². The van der Waals surface area contributed by atoms with Gasteiger partial charge in [0.25, 0.3) is 0 Å². The molecular weight excluding hydrogens is 332 g/mol. The topological polar surface area (TPSA) is 67.9 Å². The Bertz CT molecular complexity index is 599. The van der Waals surface area contributed by atoms with Gasteiger partial charge in [-0.25, -0.2) is 9.59 Å². The summed E-state index contributed by atoms with van der Waals surface area (Å²) in [5.41, 5.74) is 1.68. The lowest BCUT2D eigenvalue weighted by Crippen LogP contribution is -2.42. The van der Waals surface area contributed by atoms with E-state index in [1.165, 1.54) is 5.56 Å². The van der Waals surface area contributed by atoms with Crippen molar-refractivity contribution in [3.8, 4) is 0 Å². The second kappa shape index (κ2) is 8.92. The van der Waals surface area contributed by atoms with Crippen molar-refractivity contribution in [3.63, 3.8) is 0 Å². The number of aryl methyl sites for hydroxylation is 1. The van der Waals surface area contributed by atoms with Gasteiger partial charge in [0.15, 0.2) is 0 Å². The maximum absolute atomic E-state index is 12.2. The molecule has 2 amide bonds. The molecule has 1 aliphatic rings. The molecule has 0 spiro atoms. The SMILES string of the molecule is Cc1ccc(COC(=O)N2CCC(CNC(=O)OC(C)(C)C)CC2)cc1. The molecule has 0 saturated carbocycles. The molecule has 2 rings (SSSR count). The molecule has 1 aliphatic heterocycles. The van der Waals surface area contributed by atoms with Gasteiger partial charge in [-0.15, -0.1) is 0 Å². The van der Waals surface area contributed by atoms with Crippen LogP contribution in [0, 0.1) is 12.8 Å². The smallest absolute Gasteiger partial charge is 0.410 e. The molecule has 1 aromatic rings. The number of carbonyl (C=O) groups is 2. The lowest BCUT2D eigenvalue weighted by molar-refractivity contribution is 0.0501. The fourth-order valence-corrected chi connectivity index (χ4v) is 2.78. The average molecular weight is 362 g/mol. The monoisotopic (exact) mass is 362 g/mol. The van der Waals surface area contributed by atoms with Crippen molar-refractivity contribution in [2.45, 2.75) is 52.7 Å². The van der Waals surface area contributed by atoms with Crippen LogP contribution in [0.3, 0.4) is 0 Å². The quantitative estimate of drug-likeness (QED) is 0.883. The van der Waals surface area contributed by atoms with Gasteiger partial charge in [-0.3, -0.25) is 0 Å². The highest BCUT2D eigenvalue weighted by atomic mass is 16.6. The van der Waals surface area contributed by atoms with E-state index in [0.29, 0.717) is 32.2 Å². The maximum Gasteiger partial charge on any atom is 0.410 e. The van der Waals surface area contributed by atoms with Crippen molar-refractivity contribution in [2.24, 2.45) is 5.92 Å². The van der Waals surface area contributed by atoms with Gasteiger partial charge in [-0.05, 0) is 52.0 Å². The van der Waals surface area contributed by atoms with Gasteiger partial charge < -0.3 is 19.7 Å². The predicted octanol–water partition coefficient (Wildman–Crippen LogP) is 3.87. The van der Waals surface area contributed by atoms with Gasteiger partial charge in [-0.1, -0.05) is 29.8 Å². The maximum atomic E-state index is 12.2. The number of rotatable bonds is 4. The molecular formula is C20H30N2O4. The Kier molecular flexibility index (Phi) is 6.89. The molecule has 0 aliphatic carbocycles. The number of alkyl carbamates (subject to hydrolysis) is 1. The summed E-state index contributed by atoms with van der Waals surface area (Å²) in [6, 6.07) is 7.95. The van der Waals surface area contributed by atoms with Crippen LogP contribution in [0.5, 0.6) is 0 Å².